The maximum absolute atomic E-state index is 13.0. The van der Waals surface area contributed by atoms with E-state index >= 15 is 0 Å². The minimum Gasteiger partial charge on any atom is -0.496 e. The molecular formula is C59H92ClN9O9S2. The number of hydrogen-bond acceptors (Lipinski definition) is 12. The molecule has 3 unspecified atom stereocenters. The Balaban J connectivity index is 1.03. The van der Waals surface area contributed by atoms with Gasteiger partial charge in [-0.05, 0) is 118 Å². The number of ether oxygens (including phenoxy) is 4. The van der Waals surface area contributed by atoms with Crippen LogP contribution in [-0.2, 0) is 84.7 Å². The standard InChI is InChI=1S/C59H92ClN9O9S2/c1-44(2)79(73)65-28-23-46-13-18-49(19-14-46)52(38-66-80(74)45(3)4)35-55(70)62-27-11-26-61-29-32-77-40-53-39-69(68-67-53)41-59(7,8)43-78-42-58(5,6)36-56(71)64-37-48-16-21-51(22-17-48)57(72)63-30-33-76-31-24-50-20-15-47(12-10-25-60)34-54(50)75-9/h13-22,34,39,44-45,52,61,65-66H,10-12,23-33,35-38,40-43H2,1-9H3,(H,62,70)(H,63,72)(H,64,71). The van der Waals surface area contributed by atoms with Gasteiger partial charge in [-0.1, -0.05) is 81.4 Å². The first-order chi connectivity index (χ1) is 38.3. The number of halogens is 1. The third-order valence-corrected chi connectivity index (χ3v) is 15.8. The molecule has 21 heteroatoms. The minimum atomic E-state index is -1.21. The second-order valence-corrected chi connectivity index (χ2v) is 26.3. The lowest BCUT2D eigenvalue weighted by Crippen LogP contribution is -2.33. The van der Waals surface area contributed by atoms with Crippen molar-refractivity contribution in [3.8, 4) is 5.75 Å². The number of hydrogen-bond donors (Lipinski definition) is 6. The number of nitrogens with zero attached hydrogens (tertiary/aromatic N) is 3. The van der Waals surface area contributed by atoms with Crippen molar-refractivity contribution < 1.29 is 41.7 Å². The average molecular weight is 1170 g/mol. The minimum absolute atomic E-state index is 0.0420. The summed E-state index contributed by atoms with van der Waals surface area (Å²) in [7, 11) is -0.598. The molecule has 0 saturated carbocycles. The van der Waals surface area contributed by atoms with E-state index in [2.05, 4.69) is 73.1 Å². The molecule has 80 heavy (non-hydrogen) atoms. The van der Waals surface area contributed by atoms with Crippen LogP contribution in [0.5, 0.6) is 5.75 Å². The zero-order valence-corrected chi connectivity index (χ0v) is 51.3. The van der Waals surface area contributed by atoms with E-state index in [0.29, 0.717) is 110 Å². The van der Waals surface area contributed by atoms with Crippen molar-refractivity contribution in [2.75, 3.05) is 85.3 Å². The fourth-order valence-electron chi connectivity index (χ4n) is 8.40. The highest BCUT2D eigenvalue weighted by atomic mass is 35.5. The van der Waals surface area contributed by atoms with E-state index in [1.54, 1.807) is 23.9 Å². The van der Waals surface area contributed by atoms with Crippen LogP contribution in [-0.4, -0.2) is 137 Å². The van der Waals surface area contributed by atoms with Gasteiger partial charge in [0.1, 0.15) is 11.4 Å². The largest absolute Gasteiger partial charge is 0.496 e. The van der Waals surface area contributed by atoms with Crippen molar-refractivity contribution in [1.29, 1.82) is 0 Å². The summed E-state index contributed by atoms with van der Waals surface area (Å²) in [4.78, 5) is 38.8. The van der Waals surface area contributed by atoms with E-state index in [1.807, 2.05) is 84.1 Å². The van der Waals surface area contributed by atoms with Crippen LogP contribution in [0.3, 0.4) is 0 Å². The molecule has 0 aliphatic carbocycles. The molecule has 1 heterocycles. The number of methoxy groups -OCH3 is 1. The van der Waals surface area contributed by atoms with Gasteiger partial charge in [0, 0.05) is 91.9 Å². The molecule has 18 nitrogen and oxygen atoms in total. The molecule has 0 spiro atoms. The van der Waals surface area contributed by atoms with Crippen LogP contribution < -0.4 is 35.4 Å². The first-order valence-corrected chi connectivity index (χ1v) is 31.0. The zero-order chi connectivity index (χ0) is 58.3. The summed E-state index contributed by atoms with van der Waals surface area (Å²) in [6, 6.07) is 21.6. The summed E-state index contributed by atoms with van der Waals surface area (Å²) in [5.41, 5.74) is 5.88. The molecule has 1 aromatic heterocycles. The van der Waals surface area contributed by atoms with Crippen LogP contribution in [0.4, 0.5) is 0 Å². The van der Waals surface area contributed by atoms with Crippen LogP contribution >= 0.6 is 11.6 Å². The highest BCUT2D eigenvalue weighted by Gasteiger charge is 2.26. The molecule has 446 valence electrons. The van der Waals surface area contributed by atoms with Crippen molar-refractivity contribution >= 4 is 51.3 Å². The molecule has 0 bridgehead atoms. The van der Waals surface area contributed by atoms with Gasteiger partial charge in [-0.25, -0.2) is 17.9 Å². The number of nitrogens with one attached hydrogen (secondary N) is 6. The lowest BCUT2D eigenvalue weighted by Gasteiger charge is -2.28. The maximum Gasteiger partial charge on any atom is 0.251 e. The number of aromatic nitrogens is 3. The van der Waals surface area contributed by atoms with Gasteiger partial charge in [0.2, 0.25) is 11.8 Å². The van der Waals surface area contributed by atoms with Crippen molar-refractivity contribution in [2.45, 2.75) is 136 Å². The number of carbonyl (C=O) groups excluding carboxylic acids is 3. The summed E-state index contributed by atoms with van der Waals surface area (Å²) in [6.45, 7) is 22.7. The van der Waals surface area contributed by atoms with E-state index in [4.69, 9.17) is 30.5 Å². The molecule has 3 atom stereocenters. The predicted molar refractivity (Wildman–Crippen MR) is 320 cm³/mol. The highest BCUT2D eigenvalue weighted by molar-refractivity contribution is 7.83. The molecule has 0 saturated heterocycles. The van der Waals surface area contributed by atoms with E-state index in [9.17, 15) is 22.8 Å². The lowest BCUT2D eigenvalue weighted by molar-refractivity contribution is -0.124. The number of alkyl halides is 1. The number of benzene rings is 3. The summed E-state index contributed by atoms with van der Waals surface area (Å²) in [5.74, 6) is 0.999. The Morgan fingerprint density at radius 3 is 2.09 bits per heavy atom. The first-order valence-electron chi connectivity index (χ1n) is 28.1. The number of aryl methyl sites for hydroxylation is 1. The molecular weight excluding hydrogens is 1080 g/mol. The third-order valence-electron chi connectivity index (χ3n) is 12.9. The Labute approximate surface area is 486 Å². The summed E-state index contributed by atoms with van der Waals surface area (Å²) in [5, 5.41) is 20.9. The summed E-state index contributed by atoms with van der Waals surface area (Å²) >= 11 is 5.84. The Bertz CT molecular complexity index is 2490. The van der Waals surface area contributed by atoms with Crippen molar-refractivity contribution in [3.05, 3.63) is 112 Å². The average Bonchev–Trinajstić information content (AvgIpc) is 3.87. The molecule has 4 aromatic rings. The summed E-state index contributed by atoms with van der Waals surface area (Å²) in [6.07, 6.45) is 6.47. The van der Waals surface area contributed by atoms with E-state index in [-0.39, 0.29) is 52.4 Å². The van der Waals surface area contributed by atoms with Gasteiger partial charge in [-0.2, -0.15) is 0 Å². The monoisotopic (exact) mass is 1170 g/mol. The first kappa shape index (κ1) is 67.9. The molecule has 3 aromatic carbocycles. The number of carbonyl (C=O) groups is 3. The number of amides is 3. The fraction of sp³-hybridized carbons (Fsp3) is 0.610. The Hall–Kier alpha value is -4.64. The van der Waals surface area contributed by atoms with Gasteiger partial charge in [-0.3, -0.25) is 19.1 Å². The van der Waals surface area contributed by atoms with E-state index in [1.165, 1.54) is 5.56 Å². The normalized spacial score (nSPS) is 13.1. The van der Waals surface area contributed by atoms with Crippen LogP contribution in [0, 0.1) is 10.8 Å². The van der Waals surface area contributed by atoms with Gasteiger partial charge < -0.3 is 40.2 Å². The van der Waals surface area contributed by atoms with Crippen LogP contribution in [0.15, 0.2) is 72.9 Å². The number of rotatable bonds is 42. The third kappa shape index (κ3) is 27.4. The van der Waals surface area contributed by atoms with Gasteiger partial charge in [0.15, 0.2) is 0 Å². The molecule has 0 aliphatic heterocycles. The molecule has 0 radical (unpaired) electrons. The molecule has 0 fully saturated rings. The molecule has 4 rings (SSSR count). The van der Waals surface area contributed by atoms with E-state index < -0.39 is 27.4 Å². The molecule has 6 N–H and O–H groups in total. The van der Waals surface area contributed by atoms with Crippen molar-refractivity contribution in [1.82, 2.24) is 45.7 Å². The van der Waals surface area contributed by atoms with Crippen LogP contribution in [0.2, 0.25) is 0 Å². The second-order valence-electron chi connectivity index (χ2n) is 22.3. The second kappa shape index (κ2) is 36.7. The Kier molecular flexibility index (Phi) is 31.2. The van der Waals surface area contributed by atoms with Gasteiger partial charge in [0.25, 0.3) is 5.91 Å². The van der Waals surface area contributed by atoms with Crippen LogP contribution in [0.1, 0.15) is 131 Å². The summed E-state index contributed by atoms with van der Waals surface area (Å²) < 4.78 is 55.9. The zero-order valence-electron chi connectivity index (χ0n) is 48.9. The van der Waals surface area contributed by atoms with Crippen molar-refractivity contribution in [3.63, 3.8) is 0 Å². The predicted octanol–water partition coefficient (Wildman–Crippen LogP) is 6.88. The molecule has 0 aliphatic rings. The quantitative estimate of drug-likeness (QED) is 0.0198. The Morgan fingerprint density at radius 2 is 1.38 bits per heavy atom. The van der Waals surface area contributed by atoms with Gasteiger partial charge in [0.05, 0.1) is 74.9 Å². The van der Waals surface area contributed by atoms with Crippen molar-refractivity contribution in [2.24, 2.45) is 10.8 Å². The van der Waals surface area contributed by atoms with Crippen LogP contribution in [0.25, 0.3) is 0 Å². The van der Waals surface area contributed by atoms with E-state index in [0.717, 1.165) is 59.4 Å². The SMILES string of the molecule is COc1cc(CCCCl)ccc1CCOCCNC(=O)c1ccc(CNC(=O)CC(C)(C)COCC(C)(C)Cn2cc(COCCNCCCNC(=O)CC(CNS(=O)C(C)C)c3ccc(CCNS(=O)C(C)C)cc3)nn2)cc1. The fourth-order valence-corrected chi connectivity index (χ4v) is 9.87. The lowest BCUT2D eigenvalue weighted by atomic mass is 9.89. The van der Waals surface area contributed by atoms with Gasteiger partial charge in [-0.15, -0.1) is 16.7 Å². The van der Waals surface area contributed by atoms with Gasteiger partial charge >= 0.3 is 0 Å². The smallest absolute Gasteiger partial charge is 0.251 e. The molecule has 3 amide bonds. The Morgan fingerprint density at radius 1 is 0.688 bits per heavy atom. The highest BCUT2D eigenvalue weighted by Crippen LogP contribution is 2.26. The maximum atomic E-state index is 13.0. The topological polar surface area (TPSA) is 225 Å².